The predicted molar refractivity (Wildman–Crippen MR) is 140 cm³/mol. The lowest BCUT2D eigenvalue weighted by atomic mass is 9.95. The summed E-state index contributed by atoms with van der Waals surface area (Å²) in [5.41, 5.74) is 2.32. The van der Waals surface area contributed by atoms with Crippen molar-refractivity contribution in [3.8, 4) is 5.75 Å². The molecule has 2 aromatic carbocycles. The molecule has 0 aliphatic heterocycles. The fraction of sp³-hybridized carbons (Fsp3) is 0.500. The third-order valence-corrected chi connectivity index (χ3v) is 7.46. The number of thioether (sulfide) groups is 1. The summed E-state index contributed by atoms with van der Waals surface area (Å²) in [6.07, 6.45) is 7.01. The number of hydrogen-bond acceptors (Lipinski definition) is 4. The van der Waals surface area contributed by atoms with E-state index in [2.05, 4.69) is 17.4 Å². The average molecular weight is 483 g/mol. The van der Waals surface area contributed by atoms with Crippen LogP contribution in [0, 0.1) is 0 Å². The van der Waals surface area contributed by atoms with Crippen LogP contribution in [0.3, 0.4) is 0 Å². The minimum absolute atomic E-state index is 0.00374. The lowest BCUT2D eigenvalue weighted by molar-refractivity contribution is -0.139. The smallest absolute Gasteiger partial charge is 0.243 e. The maximum Gasteiger partial charge on any atom is 0.243 e. The molecule has 0 radical (unpaired) electrons. The minimum atomic E-state index is -0.431. The van der Waals surface area contributed by atoms with Gasteiger partial charge in [-0.2, -0.15) is 0 Å². The number of amides is 2. The van der Waals surface area contributed by atoms with Crippen LogP contribution < -0.4 is 10.1 Å². The van der Waals surface area contributed by atoms with Gasteiger partial charge in [0.25, 0.3) is 0 Å². The number of methoxy groups -OCH3 is 1. The third-order valence-electron chi connectivity index (χ3n) is 6.47. The largest absolute Gasteiger partial charge is 0.497 e. The van der Waals surface area contributed by atoms with Crippen molar-refractivity contribution in [1.29, 1.82) is 0 Å². The summed E-state index contributed by atoms with van der Waals surface area (Å²) in [5, 5.41) is 3.24. The molecule has 2 amide bonds. The first-order valence-electron chi connectivity index (χ1n) is 12.4. The van der Waals surface area contributed by atoms with E-state index in [0.717, 1.165) is 36.3 Å². The summed E-state index contributed by atoms with van der Waals surface area (Å²) in [6.45, 7) is 2.54. The molecule has 1 aliphatic carbocycles. The van der Waals surface area contributed by atoms with Gasteiger partial charge in [0.2, 0.25) is 11.8 Å². The monoisotopic (exact) mass is 482 g/mol. The molecule has 1 fully saturated rings. The van der Waals surface area contributed by atoms with Crippen LogP contribution in [0.25, 0.3) is 0 Å². The van der Waals surface area contributed by atoms with Crippen molar-refractivity contribution in [3.05, 3.63) is 65.7 Å². The Balaban J connectivity index is 1.63. The van der Waals surface area contributed by atoms with Crippen LogP contribution in [0.15, 0.2) is 54.6 Å². The maximum absolute atomic E-state index is 13.4. The Hall–Kier alpha value is -2.47. The quantitative estimate of drug-likeness (QED) is 0.450. The van der Waals surface area contributed by atoms with Crippen LogP contribution in [0.4, 0.5) is 0 Å². The van der Waals surface area contributed by atoms with Gasteiger partial charge >= 0.3 is 0 Å². The molecular weight excluding hydrogens is 444 g/mol. The Kier molecular flexibility index (Phi) is 10.8. The molecule has 0 spiro atoms. The van der Waals surface area contributed by atoms with Gasteiger partial charge in [0.15, 0.2) is 0 Å². The molecule has 6 heteroatoms. The maximum atomic E-state index is 13.4. The van der Waals surface area contributed by atoms with Crippen LogP contribution in [-0.4, -0.2) is 48.2 Å². The highest BCUT2D eigenvalue weighted by Crippen LogP contribution is 2.20. The molecule has 1 atom stereocenters. The first-order valence-corrected chi connectivity index (χ1v) is 13.6. The van der Waals surface area contributed by atoms with Gasteiger partial charge in [0, 0.05) is 18.3 Å². The van der Waals surface area contributed by atoms with E-state index in [1.54, 1.807) is 18.9 Å². The van der Waals surface area contributed by atoms with Gasteiger partial charge in [-0.05, 0) is 48.9 Å². The number of benzene rings is 2. The number of nitrogens with one attached hydrogen (secondary N) is 1. The zero-order chi connectivity index (χ0) is 24.2. The van der Waals surface area contributed by atoms with Crippen molar-refractivity contribution in [2.45, 2.75) is 69.7 Å². The molecule has 0 saturated heterocycles. The molecule has 5 nitrogen and oxygen atoms in total. The van der Waals surface area contributed by atoms with Gasteiger partial charge in [-0.15, -0.1) is 11.8 Å². The summed E-state index contributed by atoms with van der Waals surface area (Å²) >= 11 is 1.59. The SMILES string of the molecule is CCC(C(=O)NC1CCCCC1)N(CCc1ccccc1)C(=O)CSCc1ccc(OC)cc1. The molecule has 2 aromatic rings. The zero-order valence-electron chi connectivity index (χ0n) is 20.5. The number of hydrogen-bond donors (Lipinski definition) is 1. The van der Waals surface area contributed by atoms with Crippen LogP contribution in [0.2, 0.25) is 0 Å². The van der Waals surface area contributed by atoms with Gasteiger partial charge in [0.1, 0.15) is 11.8 Å². The van der Waals surface area contributed by atoms with Crippen molar-refractivity contribution in [2.75, 3.05) is 19.4 Å². The van der Waals surface area contributed by atoms with E-state index >= 15 is 0 Å². The Bertz CT molecular complexity index is 882. The molecule has 1 aliphatic rings. The molecule has 34 heavy (non-hydrogen) atoms. The molecule has 0 bridgehead atoms. The lowest BCUT2D eigenvalue weighted by Crippen LogP contribution is -2.52. The normalized spacial score (nSPS) is 14.9. The Labute approximate surface area is 208 Å². The highest BCUT2D eigenvalue weighted by atomic mass is 32.2. The van der Waals surface area contributed by atoms with Crippen molar-refractivity contribution >= 4 is 23.6 Å². The van der Waals surface area contributed by atoms with Crippen molar-refractivity contribution in [2.24, 2.45) is 0 Å². The highest BCUT2D eigenvalue weighted by Gasteiger charge is 2.29. The van der Waals surface area contributed by atoms with Crippen LogP contribution in [-0.2, 0) is 21.8 Å². The van der Waals surface area contributed by atoms with E-state index < -0.39 is 6.04 Å². The van der Waals surface area contributed by atoms with Crippen LogP contribution in [0.1, 0.15) is 56.6 Å². The zero-order valence-corrected chi connectivity index (χ0v) is 21.3. The van der Waals surface area contributed by atoms with Crippen molar-refractivity contribution < 1.29 is 14.3 Å². The molecule has 1 saturated carbocycles. The number of carbonyl (C=O) groups is 2. The number of carbonyl (C=O) groups excluding carboxylic acids is 2. The summed E-state index contributed by atoms with van der Waals surface area (Å²) in [7, 11) is 1.65. The minimum Gasteiger partial charge on any atom is -0.497 e. The Morgan fingerprint density at radius 2 is 1.74 bits per heavy atom. The number of nitrogens with zero attached hydrogens (tertiary/aromatic N) is 1. The molecule has 3 rings (SSSR count). The van der Waals surface area contributed by atoms with Gasteiger partial charge in [-0.1, -0.05) is 68.7 Å². The fourth-order valence-electron chi connectivity index (χ4n) is 4.50. The molecule has 184 valence electrons. The first kappa shape index (κ1) is 26.1. The summed E-state index contributed by atoms with van der Waals surface area (Å²) in [4.78, 5) is 28.4. The van der Waals surface area contributed by atoms with Gasteiger partial charge in [-0.3, -0.25) is 9.59 Å². The van der Waals surface area contributed by atoms with Gasteiger partial charge in [0.05, 0.1) is 12.9 Å². The van der Waals surface area contributed by atoms with Crippen molar-refractivity contribution in [1.82, 2.24) is 10.2 Å². The molecule has 0 heterocycles. The average Bonchev–Trinajstić information content (AvgIpc) is 2.88. The molecule has 0 aromatic heterocycles. The summed E-state index contributed by atoms with van der Waals surface area (Å²) < 4.78 is 5.22. The summed E-state index contributed by atoms with van der Waals surface area (Å²) in [5.74, 6) is 1.95. The van der Waals surface area contributed by atoms with Crippen LogP contribution >= 0.6 is 11.8 Å². The lowest BCUT2D eigenvalue weighted by Gasteiger charge is -2.32. The van der Waals surface area contributed by atoms with Crippen molar-refractivity contribution in [3.63, 3.8) is 0 Å². The van der Waals surface area contributed by atoms with Gasteiger partial charge < -0.3 is 15.0 Å². The predicted octanol–water partition coefficient (Wildman–Crippen LogP) is 5.23. The standard InChI is InChI=1S/C28H38N2O3S/c1-3-26(28(32)29-24-12-8-5-9-13-24)30(19-18-22-10-6-4-7-11-22)27(31)21-34-20-23-14-16-25(33-2)17-15-23/h4,6-7,10-11,14-17,24,26H,3,5,8-9,12-13,18-21H2,1-2H3,(H,29,32). The number of rotatable bonds is 12. The Morgan fingerprint density at radius 1 is 1.03 bits per heavy atom. The van der Waals surface area contributed by atoms with E-state index in [1.165, 1.54) is 24.8 Å². The van der Waals surface area contributed by atoms with E-state index in [4.69, 9.17) is 4.74 Å². The second kappa shape index (κ2) is 14.1. The third kappa shape index (κ3) is 8.08. The fourth-order valence-corrected chi connectivity index (χ4v) is 5.37. The molecule has 1 unspecified atom stereocenters. The highest BCUT2D eigenvalue weighted by molar-refractivity contribution is 7.99. The number of ether oxygens (including phenoxy) is 1. The molecule has 1 N–H and O–H groups in total. The van der Waals surface area contributed by atoms with E-state index in [0.29, 0.717) is 18.7 Å². The second-order valence-corrected chi connectivity index (χ2v) is 9.92. The first-order chi connectivity index (χ1) is 16.6. The second-order valence-electron chi connectivity index (χ2n) is 8.93. The van der Waals surface area contributed by atoms with Gasteiger partial charge in [-0.25, -0.2) is 0 Å². The summed E-state index contributed by atoms with van der Waals surface area (Å²) in [6, 6.07) is 17.9. The van der Waals surface area contributed by atoms with E-state index in [1.807, 2.05) is 54.3 Å². The Morgan fingerprint density at radius 3 is 2.38 bits per heavy atom. The topological polar surface area (TPSA) is 58.6 Å². The van der Waals surface area contributed by atoms with E-state index in [-0.39, 0.29) is 17.9 Å². The van der Waals surface area contributed by atoms with Crippen LogP contribution in [0.5, 0.6) is 5.75 Å². The molecular formula is C28H38N2O3S. The van der Waals surface area contributed by atoms with E-state index in [9.17, 15) is 9.59 Å².